The van der Waals surface area contributed by atoms with Gasteiger partial charge in [-0.2, -0.15) is 5.26 Å². The van der Waals surface area contributed by atoms with E-state index in [1.54, 1.807) is 41.1 Å². The second-order valence-electron chi connectivity index (χ2n) is 3.90. The fourth-order valence-corrected chi connectivity index (χ4v) is 3.88. The molecule has 0 atom stereocenters. The van der Waals surface area contributed by atoms with E-state index in [9.17, 15) is 5.26 Å². The highest BCUT2D eigenvalue weighted by Crippen LogP contribution is 2.34. The fourth-order valence-electron chi connectivity index (χ4n) is 1.81. The number of nitrogens with two attached hydrogens (primary N) is 1. The van der Waals surface area contributed by atoms with Gasteiger partial charge in [0.15, 0.2) is 0 Å². The molecule has 0 spiro atoms. The number of hydrogen-bond donors (Lipinski definition) is 1. The van der Waals surface area contributed by atoms with Crippen molar-refractivity contribution in [2.75, 3.05) is 0 Å². The number of aromatic nitrogens is 1. The van der Waals surface area contributed by atoms with Crippen LogP contribution in [0, 0.1) is 11.3 Å². The first kappa shape index (κ1) is 11.9. The number of fused-ring (bicyclic) bond motifs is 1. The van der Waals surface area contributed by atoms with Crippen LogP contribution in [0.2, 0.25) is 0 Å². The molecule has 5 heteroatoms. The van der Waals surface area contributed by atoms with Gasteiger partial charge < -0.3 is 5.73 Å². The first-order valence-electron chi connectivity index (χ1n) is 5.57. The predicted molar refractivity (Wildman–Crippen MR) is 80.6 cm³/mol. The third kappa shape index (κ3) is 2.12. The average molecular weight is 283 g/mol. The molecule has 0 unspecified atom stereocenters. The van der Waals surface area contributed by atoms with Crippen molar-refractivity contribution in [1.82, 2.24) is 4.98 Å². The molecule has 92 valence electrons. The monoisotopic (exact) mass is 283 g/mol. The lowest BCUT2D eigenvalue weighted by Crippen LogP contribution is -1.98. The summed E-state index contributed by atoms with van der Waals surface area (Å²) in [7, 11) is 0. The summed E-state index contributed by atoms with van der Waals surface area (Å²) in [6.07, 6.45) is 3.33. The van der Waals surface area contributed by atoms with Crippen molar-refractivity contribution >= 4 is 43.3 Å². The van der Waals surface area contributed by atoms with Gasteiger partial charge in [-0.25, -0.2) is 0 Å². The molecule has 0 aromatic carbocycles. The molecule has 0 aliphatic heterocycles. The maximum absolute atomic E-state index is 9.33. The molecule has 0 aliphatic carbocycles. The van der Waals surface area contributed by atoms with Gasteiger partial charge in [-0.3, -0.25) is 4.98 Å². The Morgan fingerprint density at radius 1 is 1.32 bits per heavy atom. The summed E-state index contributed by atoms with van der Waals surface area (Å²) < 4.78 is 2.40. The van der Waals surface area contributed by atoms with E-state index >= 15 is 0 Å². The van der Waals surface area contributed by atoms with Crippen LogP contribution in [0.15, 0.2) is 42.0 Å². The molecule has 3 heterocycles. The summed E-state index contributed by atoms with van der Waals surface area (Å²) >= 11 is 3.28. The number of nitriles is 1. The summed E-state index contributed by atoms with van der Waals surface area (Å²) in [6, 6.07) is 9.92. The third-order valence-corrected chi connectivity index (χ3v) is 4.86. The van der Waals surface area contributed by atoms with Crippen LogP contribution in [0.5, 0.6) is 0 Å². The zero-order valence-electron chi connectivity index (χ0n) is 9.83. The van der Waals surface area contributed by atoms with Crippen molar-refractivity contribution in [3.63, 3.8) is 0 Å². The van der Waals surface area contributed by atoms with Gasteiger partial charge >= 0.3 is 0 Å². The number of thiophene rings is 2. The van der Waals surface area contributed by atoms with Crippen LogP contribution >= 0.6 is 22.7 Å². The van der Waals surface area contributed by atoms with Crippen LogP contribution in [-0.4, -0.2) is 4.98 Å². The van der Waals surface area contributed by atoms with Gasteiger partial charge in [0.1, 0.15) is 6.07 Å². The summed E-state index contributed by atoms with van der Waals surface area (Å²) in [5, 5.41) is 11.4. The lowest BCUT2D eigenvalue weighted by molar-refractivity contribution is 1.31. The van der Waals surface area contributed by atoms with Crippen LogP contribution in [0.1, 0.15) is 10.4 Å². The molecule has 2 N–H and O–H groups in total. The molecule has 0 aliphatic rings. The first-order valence-corrected chi connectivity index (χ1v) is 7.27. The van der Waals surface area contributed by atoms with E-state index in [1.807, 2.05) is 12.1 Å². The van der Waals surface area contributed by atoms with Crippen molar-refractivity contribution in [3.8, 4) is 6.07 Å². The number of hydrogen-bond acceptors (Lipinski definition) is 5. The van der Waals surface area contributed by atoms with E-state index in [1.165, 1.54) is 9.40 Å². The summed E-state index contributed by atoms with van der Waals surface area (Å²) in [4.78, 5) is 4.96. The van der Waals surface area contributed by atoms with Gasteiger partial charge in [-0.15, -0.1) is 22.7 Å². The number of allylic oxidation sites excluding steroid dienone is 1. The zero-order chi connectivity index (χ0) is 13.2. The Labute approximate surface area is 118 Å². The van der Waals surface area contributed by atoms with Crippen molar-refractivity contribution in [3.05, 3.63) is 52.5 Å². The van der Waals surface area contributed by atoms with E-state index in [-0.39, 0.29) is 0 Å². The SMILES string of the molecule is N#C/C(=C(/N)c1cc2sccc2s1)c1cccnc1. The minimum absolute atomic E-state index is 0.474. The molecule has 0 saturated heterocycles. The Hall–Kier alpha value is -2.16. The number of nitrogens with zero attached hydrogens (tertiary/aromatic N) is 2. The maximum atomic E-state index is 9.33. The van der Waals surface area contributed by atoms with Crippen LogP contribution < -0.4 is 5.73 Å². The van der Waals surface area contributed by atoms with Crippen LogP contribution in [-0.2, 0) is 0 Å². The quantitative estimate of drug-likeness (QED) is 0.729. The van der Waals surface area contributed by atoms with Gasteiger partial charge in [0.05, 0.1) is 16.1 Å². The van der Waals surface area contributed by atoms with Gasteiger partial charge in [0.25, 0.3) is 0 Å². The van der Waals surface area contributed by atoms with Crippen molar-refractivity contribution in [2.24, 2.45) is 5.73 Å². The lowest BCUT2D eigenvalue weighted by Gasteiger charge is -2.03. The molecule has 0 saturated carbocycles. The zero-order valence-corrected chi connectivity index (χ0v) is 11.5. The minimum Gasteiger partial charge on any atom is -0.396 e. The third-order valence-electron chi connectivity index (χ3n) is 2.74. The van der Waals surface area contributed by atoms with Crippen LogP contribution in [0.25, 0.3) is 20.7 Å². The van der Waals surface area contributed by atoms with E-state index in [0.29, 0.717) is 11.3 Å². The number of pyridine rings is 1. The highest BCUT2D eigenvalue weighted by molar-refractivity contribution is 7.27. The smallest absolute Gasteiger partial charge is 0.102 e. The Morgan fingerprint density at radius 3 is 2.89 bits per heavy atom. The normalized spacial score (nSPS) is 12.2. The molecule has 3 nitrogen and oxygen atoms in total. The molecule has 19 heavy (non-hydrogen) atoms. The van der Waals surface area contributed by atoms with E-state index in [4.69, 9.17) is 5.73 Å². The Bertz CT molecular complexity index is 762. The Kier molecular flexibility index (Phi) is 3.03. The molecule has 0 fully saturated rings. The summed E-state index contributed by atoms with van der Waals surface area (Å²) in [5.41, 5.74) is 7.89. The molecular weight excluding hydrogens is 274 g/mol. The number of rotatable bonds is 2. The second-order valence-corrected chi connectivity index (χ2v) is 5.93. The van der Waals surface area contributed by atoms with E-state index < -0.39 is 0 Å². The largest absolute Gasteiger partial charge is 0.396 e. The summed E-state index contributed by atoms with van der Waals surface area (Å²) in [6.45, 7) is 0. The predicted octanol–water partition coefficient (Wildman–Crippen LogP) is 3.71. The van der Waals surface area contributed by atoms with Crippen molar-refractivity contribution in [2.45, 2.75) is 0 Å². The minimum atomic E-state index is 0.474. The molecule has 3 aromatic heterocycles. The van der Waals surface area contributed by atoms with Gasteiger partial charge in [0.2, 0.25) is 0 Å². The summed E-state index contributed by atoms with van der Waals surface area (Å²) in [5.74, 6) is 0. The van der Waals surface area contributed by atoms with Crippen LogP contribution in [0.3, 0.4) is 0 Å². The standard InChI is InChI=1S/C14H9N3S2/c15-7-10(9-2-1-4-17-8-9)14(16)13-6-12-11(19-13)3-5-18-12/h1-6,8H,16H2/b14-10-. The molecule has 0 radical (unpaired) electrons. The first-order chi connectivity index (χ1) is 9.29. The van der Waals surface area contributed by atoms with Crippen molar-refractivity contribution < 1.29 is 0 Å². The second kappa shape index (κ2) is 4.84. The topological polar surface area (TPSA) is 62.7 Å². The Balaban J connectivity index is 2.14. The molecular formula is C14H9N3S2. The molecule has 3 rings (SSSR count). The highest BCUT2D eigenvalue weighted by atomic mass is 32.1. The molecule has 0 bridgehead atoms. The van der Waals surface area contributed by atoms with Gasteiger partial charge in [-0.05, 0) is 23.6 Å². The van der Waals surface area contributed by atoms with E-state index in [0.717, 1.165) is 10.4 Å². The Morgan fingerprint density at radius 2 is 2.21 bits per heavy atom. The highest BCUT2D eigenvalue weighted by Gasteiger charge is 2.11. The van der Waals surface area contributed by atoms with Gasteiger partial charge in [0, 0.05) is 27.4 Å². The average Bonchev–Trinajstić information content (AvgIpc) is 3.01. The maximum Gasteiger partial charge on any atom is 0.102 e. The van der Waals surface area contributed by atoms with Gasteiger partial charge in [-0.1, -0.05) is 6.07 Å². The van der Waals surface area contributed by atoms with Crippen molar-refractivity contribution in [1.29, 1.82) is 5.26 Å². The van der Waals surface area contributed by atoms with E-state index in [2.05, 4.69) is 22.5 Å². The fraction of sp³-hybridized carbons (Fsp3) is 0. The lowest BCUT2D eigenvalue weighted by atomic mass is 10.1. The van der Waals surface area contributed by atoms with Crippen LogP contribution in [0.4, 0.5) is 0 Å². The molecule has 0 amide bonds. The molecule has 3 aromatic rings.